The highest BCUT2D eigenvalue weighted by molar-refractivity contribution is 6.43. The van der Waals surface area contributed by atoms with Crippen LogP contribution in [0.25, 0.3) is 16.7 Å². The summed E-state index contributed by atoms with van der Waals surface area (Å²) in [4.78, 5) is 4.36. The van der Waals surface area contributed by atoms with Crippen LogP contribution in [0.15, 0.2) is 30.3 Å². The van der Waals surface area contributed by atoms with E-state index in [0.29, 0.717) is 32.6 Å². The molecule has 1 heterocycles. The van der Waals surface area contributed by atoms with Crippen molar-refractivity contribution in [3.05, 3.63) is 57.0 Å². The molecule has 0 saturated heterocycles. The number of alkyl halides is 1. The first-order chi connectivity index (χ1) is 10.0. The van der Waals surface area contributed by atoms with Gasteiger partial charge >= 0.3 is 0 Å². The highest BCUT2D eigenvalue weighted by Crippen LogP contribution is 2.33. The Morgan fingerprint density at radius 3 is 2.57 bits per heavy atom. The number of fused-ring (bicyclic) bond motifs is 1. The Morgan fingerprint density at radius 2 is 1.86 bits per heavy atom. The Labute approximate surface area is 140 Å². The lowest BCUT2D eigenvalue weighted by molar-refractivity contribution is 0.629. The zero-order valence-corrected chi connectivity index (χ0v) is 13.4. The van der Waals surface area contributed by atoms with E-state index in [4.69, 9.17) is 46.4 Å². The average Bonchev–Trinajstić information content (AvgIpc) is 2.80. The van der Waals surface area contributed by atoms with Gasteiger partial charge in [-0.15, -0.1) is 11.6 Å². The van der Waals surface area contributed by atoms with E-state index in [1.165, 1.54) is 12.1 Å². The fraction of sp³-hybridized carbons (Fsp3) is 0.0714. The molecule has 3 aromatic rings. The molecule has 0 saturated carbocycles. The first-order valence-electron chi connectivity index (χ1n) is 5.89. The highest BCUT2D eigenvalue weighted by Gasteiger charge is 2.17. The molecule has 0 bridgehead atoms. The van der Waals surface area contributed by atoms with E-state index in [9.17, 15) is 4.39 Å². The summed E-state index contributed by atoms with van der Waals surface area (Å²) < 4.78 is 15.4. The van der Waals surface area contributed by atoms with Crippen LogP contribution in [-0.4, -0.2) is 9.55 Å². The Balaban J connectivity index is 2.40. The smallest absolute Gasteiger partial charge is 0.144 e. The van der Waals surface area contributed by atoms with E-state index in [1.807, 2.05) is 0 Å². The fourth-order valence-electron chi connectivity index (χ4n) is 2.15. The van der Waals surface area contributed by atoms with Crippen molar-refractivity contribution in [3.8, 4) is 5.69 Å². The minimum absolute atomic E-state index is 0.00506. The molecule has 2 aromatic carbocycles. The van der Waals surface area contributed by atoms with Gasteiger partial charge in [0.15, 0.2) is 0 Å². The molecule has 0 N–H and O–H groups in total. The number of rotatable bonds is 2. The van der Waals surface area contributed by atoms with E-state index in [0.717, 1.165) is 0 Å². The number of imidazole rings is 1. The van der Waals surface area contributed by atoms with Crippen LogP contribution in [0, 0.1) is 5.82 Å². The summed E-state index contributed by atoms with van der Waals surface area (Å²) in [5.74, 6) is 0.124. The van der Waals surface area contributed by atoms with Crippen LogP contribution in [0.3, 0.4) is 0 Å². The van der Waals surface area contributed by atoms with Crippen molar-refractivity contribution < 1.29 is 4.39 Å². The van der Waals surface area contributed by atoms with Crippen LogP contribution in [0.1, 0.15) is 5.82 Å². The summed E-state index contributed by atoms with van der Waals surface area (Å²) in [6.45, 7) is 0. The maximum absolute atomic E-state index is 13.8. The normalized spacial score (nSPS) is 11.3. The second kappa shape index (κ2) is 5.65. The molecular weight excluding hydrogens is 357 g/mol. The molecule has 0 unspecified atom stereocenters. The van der Waals surface area contributed by atoms with Gasteiger partial charge in [-0.3, -0.25) is 4.57 Å². The molecule has 2 nitrogen and oxygen atoms in total. The first-order valence-corrected chi connectivity index (χ1v) is 7.56. The Morgan fingerprint density at radius 1 is 1.10 bits per heavy atom. The largest absolute Gasteiger partial charge is 0.294 e. The van der Waals surface area contributed by atoms with Crippen molar-refractivity contribution in [2.24, 2.45) is 0 Å². The molecule has 0 radical (unpaired) electrons. The lowest BCUT2D eigenvalue weighted by Crippen LogP contribution is -2.00. The van der Waals surface area contributed by atoms with Crippen LogP contribution in [0.4, 0.5) is 4.39 Å². The van der Waals surface area contributed by atoms with Gasteiger partial charge in [-0.05, 0) is 18.2 Å². The molecule has 1 aromatic heterocycles. The second-order valence-corrected chi connectivity index (χ2v) is 5.78. The van der Waals surface area contributed by atoms with Crippen molar-refractivity contribution >= 4 is 57.4 Å². The number of nitrogens with zero attached hydrogens (tertiary/aromatic N) is 2. The van der Waals surface area contributed by atoms with Crippen LogP contribution in [-0.2, 0) is 5.88 Å². The molecule has 0 fully saturated rings. The summed E-state index contributed by atoms with van der Waals surface area (Å²) in [7, 11) is 0. The molecule has 0 amide bonds. The molecular formula is C14H7Cl4FN2. The third-order valence-corrected chi connectivity index (χ3v) is 4.40. The third kappa shape index (κ3) is 2.49. The Hall–Kier alpha value is -1.000. The number of hydrogen-bond donors (Lipinski definition) is 0. The molecule has 0 atom stereocenters. The predicted octanol–water partition coefficient (Wildman–Crippen LogP) is 5.86. The topological polar surface area (TPSA) is 17.8 Å². The highest BCUT2D eigenvalue weighted by atomic mass is 35.5. The van der Waals surface area contributed by atoms with Gasteiger partial charge < -0.3 is 0 Å². The Bertz CT molecular complexity index is 845. The maximum atomic E-state index is 13.8. The number of benzene rings is 2. The first kappa shape index (κ1) is 14.9. The van der Waals surface area contributed by atoms with Crippen molar-refractivity contribution in [2.45, 2.75) is 5.88 Å². The van der Waals surface area contributed by atoms with Gasteiger partial charge in [0.2, 0.25) is 0 Å². The summed E-state index contributed by atoms with van der Waals surface area (Å²) >= 11 is 24.0. The SMILES string of the molecule is Fc1cc2c(cc1Cl)nc(CCl)n2-c1cccc(Cl)c1Cl. The fourth-order valence-corrected chi connectivity index (χ4v) is 2.86. The van der Waals surface area contributed by atoms with Crippen LogP contribution >= 0.6 is 46.4 Å². The summed E-state index contributed by atoms with van der Waals surface area (Å²) in [6, 6.07) is 7.94. The van der Waals surface area contributed by atoms with Gasteiger partial charge in [0.05, 0.1) is 37.7 Å². The van der Waals surface area contributed by atoms with Crippen molar-refractivity contribution in [1.82, 2.24) is 9.55 Å². The van der Waals surface area contributed by atoms with Crippen molar-refractivity contribution in [3.63, 3.8) is 0 Å². The molecule has 0 aliphatic rings. The lowest BCUT2D eigenvalue weighted by Gasteiger charge is -2.11. The maximum Gasteiger partial charge on any atom is 0.144 e. The van der Waals surface area contributed by atoms with Gasteiger partial charge in [-0.2, -0.15) is 0 Å². The van der Waals surface area contributed by atoms with E-state index in [2.05, 4.69) is 4.98 Å². The van der Waals surface area contributed by atoms with Crippen molar-refractivity contribution in [1.29, 1.82) is 0 Å². The number of hydrogen-bond acceptors (Lipinski definition) is 1. The summed E-state index contributed by atoms with van der Waals surface area (Å²) in [5, 5.41) is 0.747. The van der Waals surface area contributed by atoms with E-state index in [-0.39, 0.29) is 10.9 Å². The van der Waals surface area contributed by atoms with Crippen LogP contribution in [0.5, 0.6) is 0 Å². The molecule has 0 aliphatic carbocycles. The van der Waals surface area contributed by atoms with Crippen molar-refractivity contribution in [2.75, 3.05) is 0 Å². The number of aromatic nitrogens is 2. The predicted molar refractivity (Wildman–Crippen MR) is 85.6 cm³/mol. The molecule has 7 heteroatoms. The zero-order valence-electron chi connectivity index (χ0n) is 10.4. The summed E-state index contributed by atoms with van der Waals surface area (Å²) in [6.07, 6.45) is 0. The zero-order chi connectivity index (χ0) is 15.1. The minimum atomic E-state index is -0.537. The van der Waals surface area contributed by atoms with E-state index < -0.39 is 5.82 Å². The molecule has 21 heavy (non-hydrogen) atoms. The summed E-state index contributed by atoms with van der Waals surface area (Å²) in [5.41, 5.74) is 1.65. The van der Waals surface area contributed by atoms with Crippen LogP contribution in [0.2, 0.25) is 15.1 Å². The van der Waals surface area contributed by atoms with Gasteiger partial charge in [-0.1, -0.05) is 40.9 Å². The van der Waals surface area contributed by atoms with Gasteiger partial charge in [-0.25, -0.2) is 9.37 Å². The quantitative estimate of drug-likeness (QED) is 0.521. The molecule has 0 aliphatic heterocycles. The van der Waals surface area contributed by atoms with E-state index >= 15 is 0 Å². The average molecular weight is 364 g/mol. The monoisotopic (exact) mass is 362 g/mol. The van der Waals surface area contributed by atoms with Gasteiger partial charge in [0.25, 0.3) is 0 Å². The Kier molecular flexibility index (Phi) is 4.02. The molecule has 3 rings (SSSR count). The lowest BCUT2D eigenvalue weighted by atomic mass is 10.2. The van der Waals surface area contributed by atoms with Gasteiger partial charge in [0.1, 0.15) is 11.6 Å². The molecule has 0 spiro atoms. The minimum Gasteiger partial charge on any atom is -0.294 e. The second-order valence-electron chi connectivity index (χ2n) is 4.33. The molecule has 108 valence electrons. The third-order valence-electron chi connectivity index (χ3n) is 3.06. The van der Waals surface area contributed by atoms with Crippen LogP contribution < -0.4 is 0 Å². The standard InChI is InChI=1S/C14H7Cl4FN2/c15-6-13-20-10-4-8(17)9(19)5-12(10)21(13)11-3-1-2-7(16)14(11)18/h1-5H,6H2. The van der Waals surface area contributed by atoms with E-state index in [1.54, 1.807) is 22.8 Å². The van der Waals surface area contributed by atoms with Gasteiger partial charge in [0, 0.05) is 6.07 Å². The number of halogens is 5.